The number of aromatic amines is 1. The standard InChI is InChI=1S/C15H16N4OS2/c1-2-3-5-10-8-13(19-18-10)17-14(20)12-9-16-15(22-12)11-6-4-7-21-11/h4,6-9H,2-3,5H2,1H3,(H2,17,18,19,20). The Labute approximate surface area is 136 Å². The summed E-state index contributed by atoms with van der Waals surface area (Å²) in [7, 11) is 0. The van der Waals surface area contributed by atoms with Crippen LogP contribution in [0.25, 0.3) is 9.88 Å². The van der Waals surface area contributed by atoms with Crippen LogP contribution in [0.15, 0.2) is 29.8 Å². The third-order valence-electron chi connectivity index (χ3n) is 3.13. The second-order valence-electron chi connectivity index (χ2n) is 4.84. The van der Waals surface area contributed by atoms with Crippen molar-refractivity contribution in [1.29, 1.82) is 0 Å². The van der Waals surface area contributed by atoms with Gasteiger partial charge in [-0.15, -0.1) is 22.7 Å². The molecule has 3 rings (SSSR count). The molecule has 0 aliphatic rings. The summed E-state index contributed by atoms with van der Waals surface area (Å²) >= 11 is 3.00. The Hall–Kier alpha value is -1.99. The Bertz CT molecular complexity index is 745. The number of thiophene rings is 1. The number of rotatable bonds is 6. The van der Waals surface area contributed by atoms with Crippen molar-refractivity contribution >= 4 is 34.4 Å². The number of anilines is 1. The molecule has 2 N–H and O–H groups in total. The molecule has 0 bridgehead atoms. The van der Waals surface area contributed by atoms with Gasteiger partial charge in [0.25, 0.3) is 5.91 Å². The average molecular weight is 332 g/mol. The molecule has 0 fully saturated rings. The molecular formula is C15H16N4OS2. The van der Waals surface area contributed by atoms with Crippen LogP contribution < -0.4 is 5.32 Å². The summed E-state index contributed by atoms with van der Waals surface area (Å²) in [6.45, 7) is 2.15. The number of nitrogens with one attached hydrogen (secondary N) is 2. The van der Waals surface area contributed by atoms with E-state index in [4.69, 9.17) is 0 Å². The maximum absolute atomic E-state index is 12.2. The third kappa shape index (κ3) is 3.42. The Morgan fingerprint density at radius 2 is 2.36 bits per heavy atom. The first kappa shape index (κ1) is 14.9. The summed E-state index contributed by atoms with van der Waals surface area (Å²) in [6, 6.07) is 5.86. The minimum atomic E-state index is -0.172. The highest BCUT2D eigenvalue weighted by atomic mass is 32.1. The second-order valence-corrected chi connectivity index (χ2v) is 6.82. The number of H-pyrrole nitrogens is 1. The first-order valence-electron chi connectivity index (χ1n) is 7.11. The normalized spacial score (nSPS) is 10.8. The fourth-order valence-electron chi connectivity index (χ4n) is 1.99. The molecule has 3 heterocycles. The van der Waals surface area contributed by atoms with Crippen molar-refractivity contribution in [2.45, 2.75) is 26.2 Å². The minimum Gasteiger partial charge on any atom is -0.304 e. The molecule has 0 aliphatic carbocycles. The van der Waals surface area contributed by atoms with Crippen LogP contribution in [0.2, 0.25) is 0 Å². The van der Waals surface area contributed by atoms with E-state index in [1.54, 1.807) is 17.5 Å². The van der Waals surface area contributed by atoms with Crippen molar-refractivity contribution in [3.63, 3.8) is 0 Å². The smallest absolute Gasteiger partial charge is 0.268 e. The van der Waals surface area contributed by atoms with Crippen molar-refractivity contribution < 1.29 is 4.79 Å². The lowest BCUT2D eigenvalue weighted by Gasteiger charge is -1.97. The number of amides is 1. The molecule has 0 unspecified atom stereocenters. The molecule has 3 aromatic rings. The molecule has 0 spiro atoms. The largest absolute Gasteiger partial charge is 0.304 e. The van der Waals surface area contributed by atoms with Gasteiger partial charge < -0.3 is 5.32 Å². The quantitative estimate of drug-likeness (QED) is 0.711. The van der Waals surface area contributed by atoms with E-state index in [2.05, 4.69) is 27.4 Å². The lowest BCUT2D eigenvalue weighted by Crippen LogP contribution is -2.10. The van der Waals surface area contributed by atoms with Gasteiger partial charge in [-0.2, -0.15) is 5.10 Å². The van der Waals surface area contributed by atoms with Crippen LogP contribution in [0.5, 0.6) is 0 Å². The van der Waals surface area contributed by atoms with Crippen LogP contribution >= 0.6 is 22.7 Å². The van der Waals surface area contributed by atoms with Crippen LogP contribution in [0.3, 0.4) is 0 Å². The average Bonchev–Trinajstić information content (AvgIpc) is 3.25. The van der Waals surface area contributed by atoms with Crippen LogP contribution in [0, 0.1) is 0 Å². The van der Waals surface area contributed by atoms with Crippen LogP contribution in [-0.4, -0.2) is 21.1 Å². The van der Waals surface area contributed by atoms with Crippen LogP contribution in [0.1, 0.15) is 35.1 Å². The monoisotopic (exact) mass is 332 g/mol. The molecular weight excluding hydrogens is 316 g/mol. The number of carbonyl (C=O) groups excluding carboxylic acids is 1. The van der Waals surface area contributed by atoms with E-state index in [0.29, 0.717) is 10.7 Å². The summed E-state index contributed by atoms with van der Waals surface area (Å²) in [5.74, 6) is 0.385. The predicted molar refractivity (Wildman–Crippen MR) is 90.6 cm³/mol. The highest BCUT2D eigenvalue weighted by Crippen LogP contribution is 2.29. The maximum atomic E-state index is 12.2. The number of thiazole rings is 1. The van der Waals surface area contributed by atoms with E-state index in [9.17, 15) is 4.79 Å². The summed E-state index contributed by atoms with van der Waals surface area (Å²) in [6.07, 6.45) is 4.80. The lowest BCUT2D eigenvalue weighted by molar-refractivity contribution is 0.103. The zero-order chi connectivity index (χ0) is 15.4. The Morgan fingerprint density at radius 1 is 1.45 bits per heavy atom. The van der Waals surface area contributed by atoms with Gasteiger partial charge in [0.05, 0.1) is 11.1 Å². The SMILES string of the molecule is CCCCc1cc(NC(=O)c2cnc(-c3cccs3)s2)n[nH]1. The molecule has 3 aromatic heterocycles. The highest BCUT2D eigenvalue weighted by molar-refractivity contribution is 7.22. The fraction of sp³-hybridized carbons (Fsp3) is 0.267. The van der Waals surface area contributed by atoms with E-state index in [1.165, 1.54) is 11.3 Å². The number of hydrogen-bond acceptors (Lipinski definition) is 5. The van der Waals surface area contributed by atoms with E-state index in [-0.39, 0.29) is 5.91 Å². The summed E-state index contributed by atoms with van der Waals surface area (Å²) in [5, 5.41) is 12.7. The number of aromatic nitrogens is 3. The third-order valence-corrected chi connectivity index (χ3v) is 5.17. The van der Waals surface area contributed by atoms with E-state index < -0.39 is 0 Å². The van der Waals surface area contributed by atoms with Gasteiger partial charge in [0.15, 0.2) is 5.82 Å². The van der Waals surface area contributed by atoms with Gasteiger partial charge in [0, 0.05) is 11.8 Å². The number of unbranched alkanes of at least 4 members (excludes halogenated alkanes) is 1. The van der Waals surface area contributed by atoms with E-state index >= 15 is 0 Å². The number of hydrogen-bond donors (Lipinski definition) is 2. The first-order chi connectivity index (χ1) is 10.8. The number of carbonyl (C=O) groups is 1. The van der Waals surface area contributed by atoms with Gasteiger partial charge in [-0.1, -0.05) is 19.4 Å². The van der Waals surface area contributed by atoms with Gasteiger partial charge in [-0.25, -0.2) is 4.98 Å². The van der Waals surface area contributed by atoms with E-state index in [1.807, 2.05) is 23.6 Å². The molecule has 0 atom stereocenters. The highest BCUT2D eigenvalue weighted by Gasteiger charge is 2.13. The van der Waals surface area contributed by atoms with Crippen LogP contribution in [-0.2, 0) is 6.42 Å². The van der Waals surface area contributed by atoms with Gasteiger partial charge in [0.1, 0.15) is 9.88 Å². The van der Waals surface area contributed by atoms with Gasteiger partial charge in [0.2, 0.25) is 0 Å². The van der Waals surface area contributed by atoms with Crippen molar-refractivity contribution in [3.05, 3.63) is 40.3 Å². The molecule has 114 valence electrons. The minimum absolute atomic E-state index is 0.172. The van der Waals surface area contributed by atoms with Crippen LogP contribution in [0.4, 0.5) is 5.82 Å². The molecule has 5 nitrogen and oxygen atoms in total. The lowest BCUT2D eigenvalue weighted by atomic mass is 10.2. The number of aryl methyl sites for hydroxylation is 1. The van der Waals surface area contributed by atoms with Crippen molar-refractivity contribution in [3.8, 4) is 9.88 Å². The zero-order valence-corrected chi connectivity index (χ0v) is 13.8. The summed E-state index contributed by atoms with van der Waals surface area (Å²) < 4.78 is 0. The van der Waals surface area contributed by atoms with Gasteiger partial charge in [-0.3, -0.25) is 9.89 Å². The molecule has 0 saturated carbocycles. The molecule has 0 aliphatic heterocycles. The fourth-order valence-corrected chi connectivity index (χ4v) is 3.61. The molecule has 0 saturated heterocycles. The van der Waals surface area contributed by atoms with Crippen molar-refractivity contribution in [2.75, 3.05) is 5.32 Å². The summed E-state index contributed by atoms with van der Waals surface area (Å²) in [5.41, 5.74) is 1.04. The molecule has 0 aromatic carbocycles. The van der Waals surface area contributed by atoms with Crippen molar-refractivity contribution in [2.24, 2.45) is 0 Å². The topological polar surface area (TPSA) is 70.7 Å². The molecule has 7 heteroatoms. The molecule has 22 heavy (non-hydrogen) atoms. The second kappa shape index (κ2) is 6.85. The zero-order valence-electron chi connectivity index (χ0n) is 12.1. The van der Waals surface area contributed by atoms with E-state index in [0.717, 1.165) is 34.8 Å². The van der Waals surface area contributed by atoms with Crippen molar-refractivity contribution in [1.82, 2.24) is 15.2 Å². The number of nitrogens with zero attached hydrogens (tertiary/aromatic N) is 2. The summed E-state index contributed by atoms with van der Waals surface area (Å²) in [4.78, 5) is 18.2. The predicted octanol–water partition coefficient (Wildman–Crippen LogP) is 4.19. The Morgan fingerprint density at radius 3 is 3.14 bits per heavy atom. The first-order valence-corrected chi connectivity index (χ1v) is 8.81. The molecule has 0 radical (unpaired) electrons. The maximum Gasteiger partial charge on any atom is 0.268 e. The Balaban J connectivity index is 1.65. The molecule has 1 amide bonds. The van der Waals surface area contributed by atoms with Gasteiger partial charge in [-0.05, 0) is 24.3 Å². The Kier molecular flexibility index (Phi) is 4.65. The van der Waals surface area contributed by atoms with Gasteiger partial charge >= 0.3 is 0 Å².